The second-order valence-electron chi connectivity index (χ2n) is 6.02. The molecular formula is C13H21ClN2O2S. The lowest BCUT2D eigenvalue weighted by atomic mass is 9.85. The fourth-order valence-corrected chi connectivity index (χ4v) is 4.60. The van der Waals surface area contributed by atoms with Crippen LogP contribution in [0.3, 0.4) is 0 Å². The Balaban J connectivity index is 2.31. The monoisotopic (exact) mass is 304 g/mol. The first-order valence-corrected chi connectivity index (χ1v) is 8.45. The predicted molar refractivity (Wildman–Crippen MR) is 76.7 cm³/mol. The smallest absolute Gasteiger partial charge is 0.244 e. The van der Waals surface area contributed by atoms with Crippen LogP contribution in [0.1, 0.15) is 32.4 Å². The zero-order chi connectivity index (χ0) is 14.3. The van der Waals surface area contributed by atoms with Crippen molar-refractivity contribution in [2.45, 2.75) is 37.5 Å². The lowest BCUT2D eigenvalue weighted by Gasteiger charge is -2.36. The highest BCUT2D eigenvalue weighted by molar-refractivity contribution is 7.89. The molecule has 1 saturated heterocycles. The molecule has 0 amide bonds. The summed E-state index contributed by atoms with van der Waals surface area (Å²) in [6.07, 6.45) is 3.64. The molecule has 0 saturated carbocycles. The summed E-state index contributed by atoms with van der Waals surface area (Å²) < 4.78 is 28.6. The maximum absolute atomic E-state index is 12.6. The molecule has 1 aliphatic rings. The Bertz CT molecular complexity index is 563. The summed E-state index contributed by atoms with van der Waals surface area (Å²) in [7, 11) is -1.57. The molecule has 0 bridgehead atoms. The topological polar surface area (TPSA) is 42.3 Å². The van der Waals surface area contributed by atoms with Crippen LogP contribution in [-0.4, -0.2) is 30.4 Å². The zero-order valence-electron chi connectivity index (χ0n) is 11.7. The molecule has 1 aromatic rings. The van der Waals surface area contributed by atoms with Gasteiger partial charge in [-0.05, 0) is 24.3 Å². The molecule has 0 N–H and O–H groups in total. The van der Waals surface area contributed by atoms with Crippen LogP contribution in [0, 0.1) is 5.41 Å². The number of sulfonamides is 1. The maximum Gasteiger partial charge on any atom is 0.244 e. The minimum absolute atomic E-state index is 0.0510. The van der Waals surface area contributed by atoms with Gasteiger partial charge in [-0.25, -0.2) is 8.42 Å². The quantitative estimate of drug-likeness (QED) is 0.806. The summed E-state index contributed by atoms with van der Waals surface area (Å²) in [5.41, 5.74) is 0.867. The Morgan fingerprint density at radius 3 is 2.63 bits per heavy atom. The van der Waals surface area contributed by atoms with Crippen LogP contribution in [0.4, 0.5) is 0 Å². The average molecular weight is 305 g/mol. The number of hydrogen-bond donors (Lipinski definition) is 0. The van der Waals surface area contributed by atoms with Crippen LogP contribution in [0.15, 0.2) is 17.2 Å². The molecule has 0 aliphatic carbocycles. The van der Waals surface area contributed by atoms with Gasteiger partial charge in [0.2, 0.25) is 10.0 Å². The van der Waals surface area contributed by atoms with E-state index in [-0.39, 0.29) is 5.41 Å². The zero-order valence-corrected chi connectivity index (χ0v) is 13.3. The Kier molecular flexibility index (Phi) is 4.00. The Hall–Kier alpha value is -0.520. The van der Waals surface area contributed by atoms with Gasteiger partial charge in [0, 0.05) is 32.0 Å². The summed E-state index contributed by atoms with van der Waals surface area (Å²) in [6.45, 7) is 5.42. The van der Waals surface area contributed by atoms with Crippen molar-refractivity contribution in [3.63, 3.8) is 0 Å². The third-order valence-electron chi connectivity index (χ3n) is 3.72. The third-order valence-corrected chi connectivity index (χ3v) is 5.81. The molecule has 1 fully saturated rings. The Morgan fingerprint density at radius 2 is 2.11 bits per heavy atom. The van der Waals surface area contributed by atoms with Crippen LogP contribution >= 0.6 is 11.6 Å². The largest absolute Gasteiger partial charge is 0.352 e. The van der Waals surface area contributed by atoms with Gasteiger partial charge in [0.05, 0.1) is 5.88 Å². The van der Waals surface area contributed by atoms with Crippen LogP contribution < -0.4 is 0 Å². The van der Waals surface area contributed by atoms with Gasteiger partial charge >= 0.3 is 0 Å². The van der Waals surface area contributed by atoms with Crippen molar-refractivity contribution in [3.05, 3.63) is 18.0 Å². The van der Waals surface area contributed by atoms with E-state index in [2.05, 4.69) is 13.8 Å². The number of nitrogens with zero attached hydrogens (tertiary/aromatic N) is 2. The van der Waals surface area contributed by atoms with Gasteiger partial charge in [-0.15, -0.1) is 11.6 Å². The molecule has 2 rings (SSSR count). The average Bonchev–Trinajstić information content (AvgIpc) is 2.70. The van der Waals surface area contributed by atoms with Crippen LogP contribution in [0.5, 0.6) is 0 Å². The van der Waals surface area contributed by atoms with Crippen molar-refractivity contribution >= 4 is 21.6 Å². The van der Waals surface area contributed by atoms with Gasteiger partial charge in [0.1, 0.15) is 4.90 Å². The SMILES string of the molecule is Cn1cc(S(=O)(=O)N2CCCC(C)(C)C2)cc1CCl. The van der Waals surface area contributed by atoms with E-state index >= 15 is 0 Å². The summed E-state index contributed by atoms with van der Waals surface area (Å²) in [6, 6.07) is 1.67. The van der Waals surface area contributed by atoms with E-state index in [1.165, 1.54) is 0 Å². The maximum atomic E-state index is 12.6. The van der Waals surface area contributed by atoms with Crippen molar-refractivity contribution in [1.82, 2.24) is 8.87 Å². The van der Waals surface area contributed by atoms with E-state index < -0.39 is 10.0 Å². The highest BCUT2D eigenvalue weighted by Crippen LogP contribution is 2.32. The van der Waals surface area contributed by atoms with Gasteiger partial charge in [-0.3, -0.25) is 0 Å². The molecule has 0 spiro atoms. The Morgan fingerprint density at radius 1 is 1.42 bits per heavy atom. The number of alkyl halides is 1. The lowest BCUT2D eigenvalue weighted by Crippen LogP contribution is -2.43. The van der Waals surface area contributed by atoms with Crippen molar-refractivity contribution in [1.29, 1.82) is 0 Å². The van der Waals surface area contributed by atoms with E-state index in [1.54, 1.807) is 21.1 Å². The first kappa shape index (κ1) is 14.9. The third kappa shape index (κ3) is 2.98. The van der Waals surface area contributed by atoms with E-state index in [4.69, 9.17) is 11.6 Å². The minimum Gasteiger partial charge on any atom is -0.352 e. The van der Waals surface area contributed by atoms with Crippen LogP contribution in [0.25, 0.3) is 0 Å². The second-order valence-corrected chi connectivity index (χ2v) is 8.22. The number of aromatic nitrogens is 1. The van der Waals surface area contributed by atoms with Crippen molar-refractivity contribution < 1.29 is 8.42 Å². The molecule has 0 radical (unpaired) electrons. The summed E-state index contributed by atoms with van der Waals surface area (Å²) in [4.78, 5) is 0.350. The fourth-order valence-electron chi connectivity index (χ4n) is 2.57. The fraction of sp³-hybridized carbons (Fsp3) is 0.692. The molecule has 108 valence electrons. The summed E-state index contributed by atoms with van der Waals surface area (Å²) in [5, 5.41) is 0. The summed E-state index contributed by atoms with van der Waals surface area (Å²) in [5.74, 6) is 0.317. The molecule has 1 aliphatic heterocycles. The van der Waals surface area contributed by atoms with Gasteiger partial charge in [0.15, 0.2) is 0 Å². The summed E-state index contributed by atoms with van der Waals surface area (Å²) >= 11 is 5.80. The van der Waals surface area contributed by atoms with E-state index in [9.17, 15) is 8.42 Å². The number of aryl methyl sites for hydroxylation is 1. The highest BCUT2D eigenvalue weighted by atomic mass is 35.5. The van der Waals surface area contributed by atoms with Crippen LogP contribution in [0.2, 0.25) is 0 Å². The first-order chi connectivity index (χ1) is 8.76. The van der Waals surface area contributed by atoms with E-state index in [0.717, 1.165) is 18.5 Å². The van der Waals surface area contributed by atoms with Gasteiger partial charge in [0.25, 0.3) is 0 Å². The second kappa shape index (κ2) is 5.11. The van der Waals surface area contributed by atoms with Gasteiger partial charge in [-0.2, -0.15) is 4.31 Å². The molecule has 6 heteroatoms. The molecule has 0 aromatic carbocycles. The lowest BCUT2D eigenvalue weighted by molar-refractivity contribution is 0.187. The normalized spacial score (nSPS) is 20.6. The number of hydrogen-bond acceptors (Lipinski definition) is 2. The standard InChI is InChI=1S/C13H21ClN2O2S/c1-13(2)5-4-6-16(10-13)19(17,18)12-7-11(8-14)15(3)9-12/h7,9H,4-6,8,10H2,1-3H3. The highest BCUT2D eigenvalue weighted by Gasteiger charge is 2.34. The number of piperidine rings is 1. The first-order valence-electron chi connectivity index (χ1n) is 6.48. The molecule has 19 heavy (non-hydrogen) atoms. The van der Waals surface area contributed by atoms with Crippen molar-refractivity contribution in [2.75, 3.05) is 13.1 Å². The van der Waals surface area contributed by atoms with Crippen LogP contribution in [-0.2, 0) is 23.0 Å². The number of halogens is 1. The van der Waals surface area contributed by atoms with Crippen molar-refractivity contribution in [2.24, 2.45) is 12.5 Å². The molecule has 4 nitrogen and oxygen atoms in total. The molecule has 0 atom stereocenters. The van der Waals surface area contributed by atoms with E-state index in [1.807, 2.05) is 7.05 Å². The molecule has 2 heterocycles. The van der Waals surface area contributed by atoms with Crippen molar-refractivity contribution in [3.8, 4) is 0 Å². The number of rotatable bonds is 3. The predicted octanol–water partition coefficient (Wildman–Crippen LogP) is 2.57. The Labute approximate surface area is 120 Å². The van der Waals surface area contributed by atoms with Gasteiger partial charge in [-0.1, -0.05) is 13.8 Å². The molecule has 1 aromatic heterocycles. The van der Waals surface area contributed by atoms with Gasteiger partial charge < -0.3 is 4.57 Å². The van der Waals surface area contributed by atoms with E-state index in [0.29, 0.717) is 23.9 Å². The minimum atomic E-state index is -3.39. The molecule has 0 unspecified atom stereocenters. The molecular weight excluding hydrogens is 284 g/mol.